The molecule has 23 heavy (non-hydrogen) atoms. The maximum Gasteiger partial charge on any atom is 0.320 e. The average molecular weight is 328 g/mol. The molecule has 4 heteroatoms. The van der Waals surface area contributed by atoms with E-state index < -0.39 is 17.9 Å². The Morgan fingerprint density at radius 1 is 0.826 bits per heavy atom. The molecule has 0 aromatic carbocycles. The summed E-state index contributed by atoms with van der Waals surface area (Å²) in [6.07, 6.45) is 11.2. The van der Waals surface area contributed by atoms with Crippen molar-refractivity contribution in [1.82, 2.24) is 0 Å². The van der Waals surface area contributed by atoms with Gasteiger partial charge in [-0.1, -0.05) is 72.1 Å². The number of rotatable bonds is 15. The third-order valence-corrected chi connectivity index (χ3v) is 4.32. The van der Waals surface area contributed by atoms with E-state index in [-0.39, 0.29) is 0 Å². The monoisotopic (exact) mass is 328 g/mol. The fourth-order valence-electron chi connectivity index (χ4n) is 2.71. The lowest BCUT2D eigenvalue weighted by molar-refractivity contribution is -0.160. The zero-order valence-electron chi connectivity index (χ0n) is 15.3. The van der Waals surface area contributed by atoms with Gasteiger partial charge in [-0.05, 0) is 25.2 Å². The molecule has 2 atom stereocenters. The van der Waals surface area contributed by atoms with Gasteiger partial charge in [0.05, 0.1) is 6.61 Å². The number of hydrogen-bond acceptors (Lipinski definition) is 3. The molecule has 4 nitrogen and oxygen atoms in total. The lowest BCUT2D eigenvalue weighted by atomic mass is 9.96. The van der Waals surface area contributed by atoms with Gasteiger partial charge in [-0.15, -0.1) is 0 Å². The van der Waals surface area contributed by atoms with Gasteiger partial charge in [-0.2, -0.15) is 0 Å². The summed E-state index contributed by atoms with van der Waals surface area (Å²) in [5.74, 6) is -2.24. The van der Waals surface area contributed by atoms with Crippen molar-refractivity contribution in [3.05, 3.63) is 0 Å². The van der Waals surface area contributed by atoms with Gasteiger partial charge in [0.15, 0.2) is 5.92 Å². The lowest BCUT2D eigenvalue weighted by Crippen LogP contribution is -2.27. The SMILES string of the molecule is CCCCCCC(CCCC)COC(=O)C(CCCC)C(=O)O. The first-order valence-electron chi connectivity index (χ1n) is 9.46. The van der Waals surface area contributed by atoms with Crippen LogP contribution < -0.4 is 0 Å². The van der Waals surface area contributed by atoms with Gasteiger partial charge in [0.2, 0.25) is 0 Å². The second-order valence-corrected chi connectivity index (χ2v) is 6.52. The van der Waals surface area contributed by atoms with Crippen molar-refractivity contribution < 1.29 is 19.4 Å². The number of unbranched alkanes of at least 4 members (excludes halogenated alkanes) is 5. The van der Waals surface area contributed by atoms with E-state index in [4.69, 9.17) is 4.74 Å². The average Bonchev–Trinajstić information content (AvgIpc) is 2.53. The molecule has 0 aromatic heterocycles. The molecule has 0 radical (unpaired) electrons. The maximum absolute atomic E-state index is 12.0. The molecule has 0 saturated carbocycles. The largest absolute Gasteiger partial charge is 0.481 e. The summed E-state index contributed by atoms with van der Waals surface area (Å²) in [5.41, 5.74) is 0. The van der Waals surface area contributed by atoms with E-state index in [1.165, 1.54) is 19.3 Å². The van der Waals surface area contributed by atoms with Crippen LogP contribution in [0.3, 0.4) is 0 Å². The predicted octanol–water partition coefficient (Wildman–Crippen LogP) is 5.20. The first-order valence-corrected chi connectivity index (χ1v) is 9.46. The van der Waals surface area contributed by atoms with Gasteiger partial charge >= 0.3 is 11.9 Å². The second-order valence-electron chi connectivity index (χ2n) is 6.52. The van der Waals surface area contributed by atoms with Crippen LogP contribution in [-0.4, -0.2) is 23.7 Å². The molecular weight excluding hydrogens is 292 g/mol. The highest BCUT2D eigenvalue weighted by molar-refractivity contribution is 5.93. The summed E-state index contributed by atoms with van der Waals surface area (Å²) in [5, 5.41) is 9.18. The molecule has 0 amide bonds. The fourth-order valence-corrected chi connectivity index (χ4v) is 2.71. The summed E-state index contributed by atoms with van der Waals surface area (Å²) >= 11 is 0. The standard InChI is InChI=1S/C19H36O4/c1-4-7-10-11-13-16(12-8-5-2)15-23-19(22)17(18(20)21)14-9-6-3/h16-17H,4-15H2,1-3H3,(H,20,21). The highest BCUT2D eigenvalue weighted by Gasteiger charge is 2.27. The zero-order chi connectivity index (χ0) is 17.5. The molecule has 0 aliphatic carbocycles. The molecule has 136 valence electrons. The van der Waals surface area contributed by atoms with Gasteiger partial charge in [-0.3, -0.25) is 9.59 Å². The number of carboxylic acids is 1. The first-order chi connectivity index (χ1) is 11.1. The Morgan fingerprint density at radius 2 is 1.39 bits per heavy atom. The summed E-state index contributed by atoms with van der Waals surface area (Å²) in [4.78, 5) is 23.2. The Bertz CT molecular complexity index is 314. The first kappa shape index (κ1) is 21.9. The number of carbonyl (C=O) groups excluding carboxylic acids is 1. The van der Waals surface area contributed by atoms with E-state index >= 15 is 0 Å². The van der Waals surface area contributed by atoms with Gasteiger partial charge in [0, 0.05) is 0 Å². The number of hydrogen-bond donors (Lipinski definition) is 1. The molecule has 0 heterocycles. The quantitative estimate of drug-likeness (QED) is 0.255. The van der Waals surface area contributed by atoms with Crippen molar-refractivity contribution in [3.63, 3.8) is 0 Å². The van der Waals surface area contributed by atoms with Crippen molar-refractivity contribution in [3.8, 4) is 0 Å². The summed E-state index contributed by atoms with van der Waals surface area (Å²) in [6.45, 7) is 6.71. The van der Waals surface area contributed by atoms with Gasteiger partial charge in [-0.25, -0.2) is 0 Å². The molecule has 0 aromatic rings. The fraction of sp³-hybridized carbons (Fsp3) is 0.895. The smallest absolute Gasteiger partial charge is 0.320 e. The number of aliphatic carboxylic acids is 1. The van der Waals surface area contributed by atoms with E-state index in [1.807, 2.05) is 6.92 Å². The van der Waals surface area contributed by atoms with Crippen molar-refractivity contribution >= 4 is 11.9 Å². The topological polar surface area (TPSA) is 63.6 Å². The van der Waals surface area contributed by atoms with Crippen LogP contribution in [0.15, 0.2) is 0 Å². The van der Waals surface area contributed by atoms with Crippen molar-refractivity contribution in [2.45, 2.75) is 91.4 Å². The number of carbonyl (C=O) groups is 2. The summed E-state index contributed by atoms with van der Waals surface area (Å²) in [6, 6.07) is 0. The van der Waals surface area contributed by atoms with Crippen LogP contribution in [0.2, 0.25) is 0 Å². The number of esters is 1. The highest BCUT2D eigenvalue weighted by Crippen LogP contribution is 2.19. The molecule has 0 aliphatic heterocycles. The normalized spacial score (nSPS) is 13.5. The van der Waals surface area contributed by atoms with E-state index in [1.54, 1.807) is 0 Å². The van der Waals surface area contributed by atoms with E-state index in [9.17, 15) is 14.7 Å². The number of ether oxygens (including phenoxy) is 1. The van der Waals surface area contributed by atoms with Crippen LogP contribution in [0.1, 0.15) is 91.4 Å². The third kappa shape index (κ3) is 11.2. The Balaban J connectivity index is 4.31. The van der Waals surface area contributed by atoms with Crippen LogP contribution in [0.4, 0.5) is 0 Å². The van der Waals surface area contributed by atoms with Crippen molar-refractivity contribution in [2.75, 3.05) is 6.61 Å². The molecule has 0 spiro atoms. The zero-order valence-corrected chi connectivity index (χ0v) is 15.3. The number of carboxylic acid groups (broad SMARTS) is 1. The molecule has 1 N–H and O–H groups in total. The van der Waals surface area contributed by atoms with Crippen LogP contribution in [0.5, 0.6) is 0 Å². The molecular formula is C19H36O4. The summed E-state index contributed by atoms with van der Waals surface area (Å²) in [7, 11) is 0. The van der Waals surface area contributed by atoms with Gasteiger partial charge < -0.3 is 9.84 Å². The molecule has 0 saturated heterocycles. The Labute approximate surface area is 142 Å². The Hall–Kier alpha value is -1.06. The molecule has 0 rings (SSSR count). The third-order valence-electron chi connectivity index (χ3n) is 4.32. The van der Waals surface area contributed by atoms with Crippen molar-refractivity contribution in [1.29, 1.82) is 0 Å². The lowest BCUT2D eigenvalue weighted by Gasteiger charge is -2.18. The van der Waals surface area contributed by atoms with E-state index in [0.29, 0.717) is 18.9 Å². The van der Waals surface area contributed by atoms with Crippen LogP contribution in [-0.2, 0) is 14.3 Å². The molecule has 2 unspecified atom stereocenters. The summed E-state index contributed by atoms with van der Waals surface area (Å²) < 4.78 is 5.36. The predicted molar refractivity (Wildman–Crippen MR) is 93.4 cm³/mol. The van der Waals surface area contributed by atoms with Gasteiger partial charge in [0.1, 0.15) is 0 Å². The second kappa shape index (κ2) is 14.5. The van der Waals surface area contributed by atoms with E-state index in [2.05, 4.69) is 13.8 Å². The molecule has 0 fully saturated rings. The highest BCUT2D eigenvalue weighted by atomic mass is 16.5. The Morgan fingerprint density at radius 3 is 1.96 bits per heavy atom. The van der Waals surface area contributed by atoms with Crippen LogP contribution >= 0.6 is 0 Å². The van der Waals surface area contributed by atoms with Crippen molar-refractivity contribution in [2.24, 2.45) is 11.8 Å². The maximum atomic E-state index is 12.0. The minimum absolute atomic E-state index is 0.372. The van der Waals surface area contributed by atoms with Crippen LogP contribution in [0, 0.1) is 11.8 Å². The minimum atomic E-state index is -1.06. The molecule has 0 bridgehead atoms. The molecule has 0 aliphatic rings. The minimum Gasteiger partial charge on any atom is -0.481 e. The van der Waals surface area contributed by atoms with Gasteiger partial charge in [0.25, 0.3) is 0 Å². The van der Waals surface area contributed by atoms with Crippen LogP contribution in [0.25, 0.3) is 0 Å². The van der Waals surface area contributed by atoms with E-state index in [0.717, 1.165) is 44.9 Å². The Kier molecular flexibility index (Phi) is 13.9.